The number of aromatic nitrogens is 2. The van der Waals surface area contributed by atoms with Gasteiger partial charge in [-0.1, -0.05) is 24.3 Å². The van der Waals surface area contributed by atoms with Crippen LogP contribution in [0.1, 0.15) is 0 Å². The summed E-state index contributed by atoms with van der Waals surface area (Å²) < 4.78 is 0. The third-order valence-electron chi connectivity index (χ3n) is 3.21. The van der Waals surface area contributed by atoms with Crippen molar-refractivity contribution in [3.63, 3.8) is 0 Å². The summed E-state index contributed by atoms with van der Waals surface area (Å²) in [4.78, 5) is 10.6. The predicted molar refractivity (Wildman–Crippen MR) is 86.5 cm³/mol. The predicted octanol–water partition coefficient (Wildman–Crippen LogP) is 1.63. The second-order valence-electron chi connectivity index (χ2n) is 4.68. The first-order valence-corrected chi connectivity index (χ1v) is 6.84. The maximum atomic E-state index is 9.20. The molecule has 0 saturated carbocycles. The van der Waals surface area contributed by atoms with E-state index in [1.54, 1.807) is 36.7 Å². The molecule has 0 saturated heterocycles. The molecule has 3 rings (SSSR count). The Kier molecular flexibility index (Phi) is 4.13. The normalized spacial score (nSPS) is 10.3. The Hall–Kier alpha value is -2.70. The van der Waals surface area contributed by atoms with Crippen molar-refractivity contribution < 1.29 is 10.0 Å². The zero-order chi connectivity index (χ0) is 15.4. The molecule has 3 aromatic rings. The Morgan fingerprint density at radius 1 is 0.727 bits per heavy atom. The minimum absolute atomic E-state index is 0.436. The highest BCUT2D eigenvalue weighted by Crippen LogP contribution is 2.30. The molecule has 0 unspecified atom stereocenters. The fourth-order valence-corrected chi connectivity index (χ4v) is 2.15. The number of hydrogen-bond acceptors (Lipinski definition) is 5. The van der Waals surface area contributed by atoms with Crippen molar-refractivity contribution in [2.45, 2.75) is 0 Å². The molecule has 0 spiro atoms. The molecule has 0 radical (unpaired) electrons. The van der Waals surface area contributed by atoms with Gasteiger partial charge in [0.2, 0.25) is 0 Å². The van der Waals surface area contributed by atoms with Gasteiger partial charge in [0.1, 0.15) is 11.6 Å². The van der Waals surface area contributed by atoms with Gasteiger partial charge in [0.05, 0.1) is 0 Å². The molecule has 0 atom stereocenters. The molecule has 0 aliphatic rings. The van der Waals surface area contributed by atoms with E-state index >= 15 is 0 Å². The summed E-state index contributed by atoms with van der Waals surface area (Å²) in [5.74, 6) is 1.47. The van der Waals surface area contributed by atoms with Crippen molar-refractivity contribution in [3.8, 4) is 0 Å². The second kappa shape index (κ2) is 6.38. The van der Waals surface area contributed by atoms with Crippen LogP contribution in [0.4, 0.5) is 17.3 Å². The van der Waals surface area contributed by atoms with Gasteiger partial charge in [-0.3, -0.25) is 4.90 Å². The smallest absolute Gasteiger partial charge is 0.423 e. The van der Waals surface area contributed by atoms with E-state index in [4.69, 9.17) is 0 Å². The van der Waals surface area contributed by atoms with Gasteiger partial charge < -0.3 is 10.0 Å². The third-order valence-corrected chi connectivity index (χ3v) is 3.21. The topological polar surface area (TPSA) is 69.5 Å². The van der Waals surface area contributed by atoms with Gasteiger partial charge in [0.15, 0.2) is 0 Å². The summed E-state index contributed by atoms with van der Waals surface area (Å²) in [7, 11) is -1.48. The van der Waals surface area contributed by atoms with Gasteiger partial charge in [-0.05, 0) is 41.9 Å². The molecule has 2 aromatic heterocycles. The van der Waals surface area contributed by atoms with Crippen LogP contribution in [0, 0.1) is 0 Å². The highest BCUT2D eigenvalue weighted by atomic mass is 16.4. The Morgan fingerprint density at radius 2 is 1.27 bits per heavy atom. The van der Waals surface area contributed by atoms with E-state index in [1.165, 1.54) is 0 Å². The van der Waals surface area contributed by atoms with Gasteiger partial charge in [-0.15, -0.1) is 0 Å². The van der Waals surface area contributed by atoms with Crippen LogP contribution in [0.2, 0.25) is 0 Å². The van der Waals surface area contributed by atoms with Gasteiger partial charge in [-0.2, -0.15) is 0 Å². The molecular weight excluding hydrogens is 277 g/mol. The minimum atomic E-state index is -1.48. The van der Waals surface area contributed by atoms with E-state index in [0.29, 0.717) is 5.46 Å². The number of pyridine rings is 2. The fraction of sp³-hybridized carbons (Fsp3) is 0. The molecule has 1 aromatic carbocycles. The van der Waals surface area contributed by atoms with Crippen LogP contribution in [-0.2, 0) is 0 Å². The Balaban J connectivity index is 2.06. The van der Waals surface area contributed by atoms with Gasteiger partial charge in [-0.25, -0.2) is 9.97 Å². The van der Waals surface area contributed by atoms with Crippen LogP contribution in [-0.4, -0.2) is 27.1 Å². The second-order valence-corrected chi connectivity index (χ2v) is 4.68. The van der Waals surface area contributed by atoms with Crippen molar-refractivity contribution in [1.82, 2.24) is 9.97 Å². The van der Waals surface area contributed by atoms with Crippen molar-refractivity contribution in [3.05, 3.63) is 73.1 Å². The molecular formula is C16H14BN3O2. The molecule has 2 heterocycles. The average molecular weight is 291 g/mol. The van der Waals surface area contributed by atoms with Crippen molar-refractivity contribution in [2.75, 3.05) is 4.90 Å². The first kappa shape index (κ1) is 14.3. The molecule has 0 fully saturated rings. The van der Waals surface area contributed by atoms with Crippen LogP contribution in [0.3, 0.4) is 0 Å². The zero-order valence-electron chi connectivity index (χ0n) is 11.7. The molecule has 0 bridgehead atoms. The maximum absolute atomic E-state index is 9.20. The van der Waals surface area contributed by atoms with Crippen LogP contribution >= 0.6 is 0 Å². The van der Waals surface area contributed by atoms with Gasteiger partial charge in [0.25, 0.3) is 0 Å². The van der Waals surface area contributed by atoms with Crippen LogP contribution < -0.4 is 10.4 Å². The summed E-state index contributed by atoms with van der Waals surface area (Å²) in [6.07, 6.45) is 3.44. The lowest BCUT2D eigenvalue weighted by Gasteiger charge is -2.23. The molecule has 0 amide bonds. The first-order chi connectivity index (χ1) is 10.8. The summed E-state index contributed by atoms with van der Waals surface area (Å²) >= 11 is 0. The molecule has 22 heavy (non-hydrogen) atoms. The summed E-state index contributed by atoms with van der Waals surface area (Å²) in [5, 5.41) is 18.4. The quantitative estimate of drug-likeness (QED) is 0.715. The van der Waals surface area contributed by atoms with Crippen LogP contribution in [0.15, 0.2) is 73.1 Å². The SMILES string of the molecule is OB(O)c1ccc(N(c2ccccn2)c2ccccn2)cc1. The average Bonchev–Trinajstić information content (AvgIpc) is 2.57. The molecule has 5 nitrogen and oxygen atoms in total. The number of anilines is 3. The van der Waals surface area contributed by atoms with E-state index in [1.807, 2.05) is 41.3 Å². The molecule has 108 valence electrons. The monoisotopic (exact) mass is 291 g/mol. The Bertz CT molecular complexity index is 682. The minimum Gasteiger partial charge on any atom is -0.423 e. The summed E-state index contributed by atoms with van der Waals surface area (Å²) in [5.41, 5.74) is 1.27. The number of benzene rings is 1. The number of rotatable bonds is 4. The van der Waals surface area contributed by atoms with E-state index in [-0.39, 0.29) is 0 Å². The van der Waals surface area contributed by atoms with Gasteiger partial charge >= 0.3 is 7.12 Å². The van der Waals surface area contributed by atoms with E-state index in [2.05, 4.69) is 9.97 Å². The molecule has 2 N–H and O–H groups in total. The molecule has 6 heteroatoms. The fourth-order valence-electron chi connectivity index (χ4n) is 2.15. The van der Waals surface area contributed by atoms with E-state index in [9.17, 15) is 10.0 Å². The lowest BCUT2D eigenvalue weighted by molar-refractivity contribution is 0.426. The van der Waals surface area contributed by atoms with Crippen molar-refractivity contribution in [2.24, 2.45) is 0 Å². The Labute approximate surface area is 128 Å². The van der Waals surface area contributed by atoms with E-state index < -0.39 is 7.12 Å². The number of hydrogen-bond donors (Lipinski definition) is 2. The lowest BCUT2D eigenvalue weighted by Crippen LogP contribution is -2.29. The highest BCUT2D eigenvalue weighted by Gasteiger charge is 2.16. The van der Waals surface area contributed by atoms with Gasteiger partial charge in [0, 0.05) is 18.1 Å². The van der Waals surface area contributed by atoms with Crippen molar-refractivity contribution >= 4 is 29.9 Å². The summed E-state index contributed by atoms with van der Waals surface area (Å²) in [6.45, 7) is 0. The summed E-state index contributed by atoms with van der Waals surface area (Å²) in [6, 6.07) is 18.2. The lowest BCUT2D eigenvalue weighted by atomic mass is 9.80. The van der Waals surface area contributed by atoms with Crippen LogP contribution in [0.5, 0.6) is 0 Å². The first-order valence-electron chi connectivity index (χ1n) is 6.84. The van der Waals surface area contributed by atoms with Crippen molar-refractivity contribution in [1.29, 1.82) is 0 Å². The Morgan fingerprint density at radius 3 is 1.68 bits per heavy atom. The highest BCUT2D eigenvalue weighted by molar-refractivity contribution is 6.58. The van der Waals surface area contributed by atoms with E-state index in [0.717, 1.165) is 17.3 Å². The standard InChI is InChI=1S/C16H14BN3O2/c21-17(22)13-7-9-14(10-8-13)20(15-5-1-3-11-18-15)16-6-2-4-12-19-16/h1-12,21-22H. The molecule has 0 aliphatic carbocycles. The third kappa shape index (κ3) is 2.98. The largest absolute Gasteiger partial charge is 0.488 e. The molecule has 0 aliphatic heterocycles. The van der Waals surface area contributed by atoms with Crippen LogP contribution in [0.25, 0.3) is 0 Å². The zero-order valence-corrected chi connectivity index (χ0v) is 11.7. The maximum Gasteiger partial charge on any atom is 0.488 e. The number of nitrogens with zero attached hydrogens (tertiary/aromatic N) is 3.